The highest BCUT2D eigenvalue weighted by Crippen LogP contribution is 2.26. The third kappa shape index (κ3) is 4.99. The van der Waals surface area contributed by atoms with Crippen LogP contribution in [0.15, 0.2) is 36.4 Å². The summed E-state index contributed by atoms with van der Waals surface area (Å²) in [4.78, 5) is 12.4. The molecule has 0 spiro atoms. The molecule has 0 aliphatic carbocycles. The Hall–Kier alpha value is -2.00. The smallest absolute Gasteiger partial charge is 0.261 e. The van der Waals surface area contributed by atoms with Crippen LogP contribution in [0.4, 0.5) is 0 Å². The van der Waals surface area contributed by atoms with E-state index in [-0.39, 0.29) is 11.9 Å². The molecular formula is C21H26ClNO2. The molecule has 0 aliphatic rings. The second-order valence-corrected chi connectivity index (χ2v) is 6.83. The van der Waals surface area contributed by atoms with Crippen molar-refractivity contribution >= 4 is 17.5 Å². The number of nitrogens with one attached hydrogen (secondary N) is 1. The average Bonchev–Trinajstić information content (AvgIpc) is 2.59. The van der Waals surface area contributed by atoms with Gasteiger partial charge in [-0.15, -0.1) is 0 Å². The molecule has 3 nitrogen and oxygen atoms in total. The Morgan fingerprint density at radius 2 is 1.68 bits per heavy atom. The Labute approximate surface area is 155 Å². The van der Waals surface area contributed by atoms with Gasteiger partial charge in [-0.25, -0.2) is 0 Å². The minimum Gasteiger partial charge on any atom is -0.481 e. The molecule has 2 aromatic rings. The molecule has 1 amide bonds. The Morgan fingerprint density at radius 1 is 1.12 bits per heavy atom. The zero-order chi connectivity index (χ0) is 18.6. The Morgan fingerprint density at radius 3 is 2.20 bits per heavy atom. The normalized spacial score (nSPS) is 13.2. The van der Waals surface area contributed by atoms with E-state index in [1.54, 1.807) is 6.92 Å². The first-order chi connectivity index (χ1) is 11.8. The minimum atomic E-state index is -0.586. The fraction of sp³-hybridized carbons (Fsp3) is 0.381. The second-order valence-electron chi connectivity index (χ2n) is 6.46. The number of hydrogen-bond donors (Lipinski definition) is 1. The van der Waals surface area contributed by atoms with E-state index < -0.39 is 6.10 Å². The first-order valence-electron chi connectivity index (χ1n) is 8.64. The first-order valence-corrected chi connectivity index (χ1v) is 9.02. The molecule has 0 unspecified atom stereocenters. The molecule has 0 aromatic heterocycles. The van der Waals surface area contributed by atoms with E-state index >= 15 is 0 Å². The maximum Gasteiger partial charge on any atom is 0.261 e. The summed E-state index contributed by atoms with van der Waals surface area (Å²) >= 11 is 6.17. The highest BCUT2D eigenvalue weighted by atomic mass is 35.5. The molecule has 2 rings (SSSR count). The number of aryl methyl sites for hydroxylation is 3. The molecule has 1 N–H and O–H groups in total. The minimum absolute atomic E-state index is 0.0712. The van der Waals surface area contributed by atoms with Crippen molar-refractivity contribution < 1.29 is 9.53 Å². The van der Waals surface area contributed by atoms with Crippen LogP contribution in [0, 0.1) is 13.8 Å². The molecule has 0 radical (unpaired) electrons. The van der Waals surface area contributed by atoms with Crippen LogP contribution < -0.4 is 10.1 Å². The van der Waals surface area contributed by atoms with Crippen LogP contribution >= 0.6 is 11.6 Å². The fourth-order valence-electron chi connectivity index (χ4n) is 2.69. The summed E-state index contributed by atoms with van der Waals surface area (Å²) in [5, 5.41) is 3.73. The van der Waals surface area contributed by atoms with Crippen LogP contribution in [-0.4, -0.2) is 12.0 Å². The number of carbonyl (C=O) groups excluding carboxylic acids is 1. The molecule has 2 aromatic carbocycles. The lowest BCUT2D eigenvalue weighted by Crippen LogP contribution is -2.37. The molecule has 0 saturated heterocycles. The highest BCUT2D eigenvalue weighted by molar-refractivity contribution is 6.32. The number of carbonyl (C=O) groups is 1. The van der Waals surface area contributed by atoms with Crippen LogP contribution in [-0.2, 0) is 11.2 Å². The van der Waals surface area contributed by atoms with Crippen LogP contribution in [0.5, 0.6) is 5.75 Å². The average molecular weight is 360 g/mol. The third-order valence-corrected chi connectivity index (χ3v) is 4.93. The van der Waals surface area contributed by atoms with Crippen LogP contribution in [0.1, 0.15) is 49.1 Å². The SMILES string of the molecule is CCc1ccc([C@@H](C)NC(=O)[C@@H](C)Oc2cc(C)c(Cl)c(C)c2)cc1. The van der Waals surface area contributed by atoms with Crippen molar-refractivity contribution in [2.24, 2.45) is 0 Å². The van der Waals surface area contributed by atoms with Gasteiger partial charge < -0.3 is 10.1 Å². The molecule has 134 valence electrons. The Bertz CT molecular complexity index is 717. The first kappa shape index (κ1) is 19.3. The molecule has 0 fully saturated rings. The quantitative estimate of drug-likeness (QED) is 0.773. The van der Waals surface area contributed by atoms with Crippen molar-refractivity contribution in [3.05, 3.63) is 63.7 Å². The maximum absolute atomic E-state index is 12.4. The number of rotatable bonds is 6. The number of amides is 1. The molecule has 0 heterocycles. The highest BCUT2D eigenvalue weighted by Gasteiger charge is 2.18. The summed E-state index contributed by atoms with van der Waals surface area (Å²) in [5.41, 5.74) is 4.24. The molecule has 4 heteroatoms. The number of benzene rings is 2. The van der Waals surface area contributed by atoms with E-state index in [9.17, 15) is 4.79 Å². The zero-order valence-electron chi connectivity index (χ0n) is 15.5. The van der Waals surface area contributed by atoms with Crippen molar-refractivity contribution in [3.63, 3.8) is 0 Å². The van der Waals surface area contributed by atoms with Crippen LogP contribution in [0.2, 0.25) is 5.02 Å². The van der Waals surface area contributed by atoms with E-state index in [2.05, 4.69) is 36.5 Å². The van der Waals surface area contributed by atoms with Crippen molar-refractivity contribution in [2.45, 2.75) is 53.2 Å². The second kappa shape index (κ2) is 8.39. The van der Waals surface area contributed by atoms with Gasteiger partial charge in [0.05, 0.1) is 6.04 Å². The van der Waals surface area contributed by atoms with Gasteiger partial charge in [-0.2, -0.15) is 0 Å². The lowest BCUT2D eigenvalue weighted by atomic mass is 10.0. The Kier molecular flexibility index (Phi) is 6.49. The van der Waals surface area contributed by atoms with Gasteiger partial charge in [0.2, 0.25) is 0 Å². The van der Waals surface area contributed by atoms with E-state index in [4.69, 9.17) is 16.3 Å². The third-order valence-electron chi connectivity index (χ3n) is 4.34. The van der Waals surface area contributed by atoms with Crippen LogP contribution in [0.3, 0.4) is 0 Å². The van der Waals surface area contributed by atoms with Crippen molar-refractivity contribution in [2.75, 3.05) is 0 Å². The summed E-state index contributed by atoms with van der Waals surface area (Å²) < 4.78 is 5.80. The van der Waals surface area contributed by atoms with E-state index in [0.717, 1.165) is 28.1 Å². The van der Waals surface area contributed by atoms with Gasteiger partial charge in [-0.1, -0.05) is 42.8 Å². The topological polar surface area (TPSA) is 38.3 Å². The summed E-state index contributed by atoms with van der Waals surface area (Å²) in [6, 6.07) is 11.9. The van der Waals surface area contributed by atoms with Gasteiger partial charge in [0.15, 0.2) is 6.10 Å². The predicted octanol–water partition coefficient (Wildman–Crippen LogP) is 5.16. The molecule has 0 aliphatic heterocycles. The summed E-state index contributed by atoms with van der Waals surface area (Å²) in [5.74, 6) is 0.513. The van der Waals surface area contributed by atoms with E-state index in [0.29, 0.717) is 5.75 Å². The van der Waals surface area contributed by atoms with Gasteiger partial charge in [-0.3, -0.25) is 4.79 Å². The molecule has 25 heavy (non-hydrogen) atoms. The Balaban J connectivity index is 1.99. The largest absolute Gasteiger partial charge is 0.481 e. The lowest BCUT2D eigenvalue weighted by molar-refractivity contribution is -0.127. The van der Waals surface area contributed by atoms with Crippen LogP contribution in [0.25, 0.3) is 0 Å². The molecular weight excluding hydrogens is 334 g/mol. The summed E-state index contributed by atoms with van der Waals surface area (Å²) in [6.45, 7) is 9.70. The maximum atomic E-state index is 12.4. The van der Waals surface area contributed by atoms with Gasteiger partial charge in [0.1, 0.15) is 5.75 Å². The van der Waals surface area contributed by atoms with E-state index in [1.165, 1.54) is 5.56 Å². The number of halogens is 1. The van der Waals surface area contributed by atoms with Gasteiger partial charge in [0, 0.05) is 5.02 Å². The number of ether oxygens (including phenoxy) is 1. The molecule has 2 atom stereocenters. The van der Waals surface area contributed by atoms with Gasteiger partial charge in [0.25, 0.3) is 5.91 Å². The summed E-state index contributed by atoms with van der Waals surface area (Å²) in [6.07, 6.45) is 0.420. The zero-order valence-corrected chi connectivity index (χ0v) is 16.3. The van der Waals surface area contributed by atoms with Crippen molar-refractivity contribution in [1.82, 2.24) is 5.32 Å². The van der Waals surface area contributed by atoms with E-state index in [1.807, 2.05) is 32.9 Å². The van der Waals surface area contributed by atoms with Crippen molar-refractivity contribution in [1.29, 1.82) is 0 Å². The van der Waals surface area contributed by atoms with Crippen molar-refractivity contribution in [3.8, 4) is 5.75 Å². The molecule has 0 saturated carbocycles. The predicted molar refractivity (Wildman–Crippen MR) is 103 cm³/mol. The van der Waals surface area contributed by atoms with Gasteiger partial charge >= 0.3 is 0 Å². The molecule has 0 bridgehead atoms. The summed E-state index contributed by atoms with van der Waals surface area (Å²) in [7, 11) is 0. The fourth-order valence-corrected chi connectivity index (χ4v) is 2.80. The van der Waals surface area contributed by atoms with Gasteiger partial charge in [-0.05, 0) is 68.5 Å². The standard InChI is InChI=1S/C21H26ClNO2/c1-6-17-7-9-18(10-8-17)15(4)23-21(24)16(5)25-19-11-13(2)20(22)14(3)12-19/h7-12,15-16H,6H2,1-5H3,(H,23,24)/t15-,16-/m1/s1. The number of hydrogen-bond acceptors (Lipinski definition) is 2. The monoisotopic (exact) mass is 359 g/mol. The lowest BCUT2D eigenvalue weighted by Gasteiger charge is -2.20.